The molecule has 0 spiro atoms. The number of hydrogen-bond donors (Lipinski definition) is 1. The molecular formula is C15H21NO4. The van der Waals surface area contributed by atoms with E-state index in [1.165, 1.54) is 7.11 Å². The van der Waals surface area contributed by atoms with Crippen LogP contribution in [0.25, 0.3) is 0 Å². The van der Waals surface area contributed by atoms with E-state index in [0.29, 0.717) is 29.9 Å². The van der Waals surface area contributed by atoms with Crippen molar-refractivity contribution in [3.8, 4) is 11.5 Å². The van der Waals surface area contributed by atoms with Crippen molar-refractivity contribution in [2.75, 3.05) is 13.7 Å². The van der Waals surface area contributed by atoms with E-state index in [9.17, 15) is 9.59 Å². The molecule has 0 aliphatic rings. The molecule has 20 heavy (non-hydrogen) atoms. The van der Waals surface area contributed by atoms with Crippen LogP contribution in [-0.2, 0) is 4.79 Å². The topological polar surface area (TPSA) is 64.6 Å². The molecule has 0 radical (unpaired) electrons. The molecule has 1 unspecified atom stereocenters. The Morgan fingerprint density at radius 3 is 2.80 bits per heavy atom. The number of para-hydroxylation sites is 1. The van der Waals surface area contributed by atoms with Crippen molar-refractivity contribution in [3.05, 3.63) is 23.8 Å². The molecule has 110 valence electrons. The Morgan fingerprint density at radius 2 is 2.20 bits per heavy atom. The number of nitrogens with one attached hydrogen (secondary N) is 1. The molecule has 0 aliphatic carbocycles. The van der Waals surface area contributed by atoms with Gasteiger partial charge in [-0.2, -0.15) is 0 Å². The largest absolute Gasteiger partial charge is 0.493 e. The van der Waals surface area contributed by atoms with Crippen molar-refractivity contribution in [3.63, 3.8) is 0 Å². The van der Waals surface area contributed by atoms with E-state index >= 15 is 0 Å². The molecule has 0 saturated heterocycles. The summed E-state index contributed by atoms with van der Waals surface area (Å²) in [7, 11) is 1.49. The van der Waals surface area contributed by atoms with Crippen LogP contribution in [0.4, 0.5) is 0 Å². The summed E-state index contributed by atoms with van der Waals surface area (Å²) in [5.41, 5.74) is 0.359. The minimum absolute atomic E-state index is 0.207. The van der Waals surface area contributed by atoms with Gasteiger partial charge in [-0.1, -0.05) is 19.4 Å². The second-order valence-electron chi connectivity index (χ2n) is 4.40. The highest BCUT2D eigenvalue weighted by Crippen LogP contribution is 2.30. The van der Waals surface area contributed by atoms with E-state index in [1.807, 2.05) is 0 Å². The van der Waals surface area contributed by atoms with Crippen LogP contribution >= 0.6 is 0 Å². The van der Waals surface area contributed by atoms with Crippen molar-refractivity contribution < 1.29 is 19.1 Å². The van der Waals surface area contributed by atoms with Crippen LogP contribution in [-0.4, -0.2) is 32.0 Å². The van der Waals surface area contributed by atoms with Crippen LogP contribution in [0, 0.1) is 0 Å². The standard InChI is InChI=1S/C15H21NO4/c1-4-5-9-16-15(18)11(2)20-14-12(10-17)7-6-8-13(14)19-3/h6-8,10-11H,4-5,9H2,1-3H3,(H,16,18). The fraction of sp³-hybridized carbons (Fsp3) is 0.467. The third-order valence-corrected chi connectivity index (χ3v) is 2.85. The third kappa shape index (κ3) is 4.26. The molecule has 5 heteroatoms. The van der Waals surface area contributed by atoms with Gasteiger partial charge in [-0.3, -0.25) is 9.59 Å². The lowest BCUT2D eigenvalue weighted by Gasteiger charge is -2.17. The molecule has 1 amide bonds. The Hall–Kier alpha value is -2.04. The number of unbranched alkanes of at least 4 members (excludes halogenated alkanes) is 1. The summed E-state index contributed by atoms with van der Waals surface area (Å²) >= 11 is 0. The first-order valence-electron chi connectivity index (χ1n) is 6.70. The Kier molecular flexibility index (Phi) is 6.56. The molecule has 1 aromatic carbocycles. The zero-order valence-corrected chi connectivity index (χ0v) is 12.1. The number of ether oxygens (including phenoxy) is 2. The molecule has 0 aliphatic heterocycles. The lowest BCUT2D eigenvalue weighted by Crippen LogP contribution is -2.37. The Labute approximate surface area is 119 Å². The average molecular weight is 279 g/mol. The van der Waals surface area contributed by atoms with Gasteiger partial charge in [0.05, 0.1) is 12.7 Å². The quantitative estimate of drug-likeness (QED) is 0.585. The van der Waals surface area contributed by atoms with E-state index in [2.05, 4.69) is 12.2 Å². The maximum atomic E-state index is 11.9. The molecule has 0 bridgehead atoms. The average Bonchev–Trinajstić information content (AvgIpc) is 2.47. The highest BCUT2D eigenvalue weighted by atomic mass is 16.5. The van der Waals surface area contributed by atoms with E-state index in [-0.39, 0.29) is 5.91 Å². The second-order valence-corrected chi connectivity index (χ2v) is 4.40. The zero-order valence-electron chi connectivity index (χ0n) is 12.1. The van der Waals surface area contributed by atoms with Crippen LogP contribution < -0.4 is 14.8 Å². The fourth-order valence-electron chi connectivity index (χ4n) is 1.67. The first-order chi connectivity index (χ1) is 9.63. The number of methoxy groups -OCH3 is 1. The minimum atomic E-state index is -0.693. The smallest absolute Gasteiger partial charge is 0.260 e. The number of benzene rings is 1. The van der Waals surface area contributed by atoms with Crippen LogP contribution in [0.5, 0.6) is 11.5 Å². The van der Waals surface area contributed by atoms with Gasteiger partial charge in [-0.15, -0.1) is 0 Å². The van der Waals surface area contributed by atoms with Crippen molar-refractivity contribution in [1.29, 1.82) is 0 Å². The van der Waals surface area contributed by atoms with Gasteiger partial charge in [-0.05, 0) is 25.5 Å². The maximum Gasteiger partial charge on any atom is 0.260 e. The monoisotopic (exact) mass is 279 g/mol. The van der Waals surface area contributed by atoms with Gasteiger partial charge in [-0.25, -0.2) is 0 Å². The van der Waals surface area contributed by atoms with E-state index in [4.69, 9.17) is 9.47 Å². The Bertz CT molecular complexity index is 459. The zero-order chi connectivity index (χ0) is 15.0. The molecule has 0 aromatic heterocycles. The lowest BCUT2D eigenvalue weighted by atomic mass is 10.2. The molecule has 1 aromatic rings. The summed E-state index contributed by atoms with van der Waals surface area (Å²) in [5.74, 6) is 0.521. The Balaban J connectivity index is 2.76. The van der Waals surface area contributed by atoms with E-state index in [0.717, 1.165) is 12.8 Å². The van der Waals surface area contributed by atoms with Gasteiger partial charge in [0, 0.05) is 6.54 Å². The number of rotatable bonds is 8. The molecule has 0 saturated carbocycles. The van der Waals surface area contributed by atoms with Crippen molar-refractivity contribution in [2.24, 2.45) is 0 Å². The summed E-state index contributed by atoms with van der Waals surface area (Å²) < 4.78 is 10.7. The van der Waals surface area contributed by atoms with Crippen LogP contribution in [0.15, 0.2) is 18.2 Å². The Morgan fingerprint density at radius 1 is 1.45 bits per heavy atom. The lowest BCUT2D eigenvalue weighted by molar-refractivity contribution is -0.127. The van der Waals surface area contributed by atoms with Crippen LogP contribution in [0.3, 0.4) is 0 Å². The summed E-state index contributed by atoms with van der Waals surface area (Å²) in [5, 5.41) is 2.79. The van der Waals surface area contributed by atoms with Gasteiger partial charge in [0.2, 0.25) is 0 Å². The number of carbonyl (C=O) groups is 2. The highest BCUT2D eigenvalue weighted by molar-refractivity contribution is 5.83. The molecule has 0 heterocycles. The van der Waals surface area contributed by atoms with Gasteiger partial charge in [0.1, 0.15) is 0 Å². The molecule has 1 rings (SSSR count). The molecule has 0 fully saturated rings. The van der Waals surface area contributed by atoms with Gasteiger partial charge < -0.3 is 14.8 Å². The van der Waals surface area contributed by atoms with Crippen molar-refractivity contribution >= 4 is 12.2 Å². The normalized spacial score (nSPS) is 11.6. The van der Waals surface area contributed by atoms with Gasteiger partial charge in [0.25, 0.3) is 5.91 Å². The molecule has 1 atom stereocenters. The summed E-state index contributed by atoms with van der Waals surface area (Å²) in [6.07, 6.45) is 1.92. The van der Waals surface area contributed by atoms with E-state index < -0.39 is 6.10 Å². The first-order valence-corrected chi connectivity index (χ1v) is 6.70. The molecule has 5 nitrogen and oxygen atoms in total. The van der Waals surface area contributed by atoms with Crippen LogP contribution in [0.1, 0.15) is 37.0 Å². The number of amides is 1. The molecule has 1 N–H and O–H groups in total. The van der Waals surface area contributed by atoms with Crippen LogP contribution in [0.2, 0.25) is 0 Å². The minimum Gasteiger partial charge on any atom is -0.493 e. The van der Waals surface area contributed by atoms with Crippen molar-refractivity contribution in [1.82, 2.24) is 5.32 Å². The summed E-state index contributed by atoms with van der Waals surface area (Å²) in [6.45, 7) is 4.31. The summed E-state index contributed by atoms with van der Waals surface area (Å²) in [4.78, 5) is 22.9. The van der Waals surface area contributed by atoms with E-state index in [1.54, 1.807) is 25.1 Å². The third-order valence-electron chi connectivity index (χ3n) is 2.85. The number of aldehydes is 1. The fourth-order valence-corrected chi connectivity index (χ4v) is 1.67. The van der Waals surface area contributed by atoms with Crippen molar-refractivity contribution in [2.45, 2.75) is 32.8 Å². The number of carbonyl (C=O) groups excluding carboxylic acids is 2. The van der Waals surface area contributed by atoms with Gasteiger partial charge >= 0.3 is 0 Å². The highest BCUT2D eigenvalue weighted by Gasteiger charge is 2.18. The number of hydrogen-bond acceptors (Lipinski definition) is 4. The SMILES string of the molecule is CCCCNC(=O)C(C)Oc1c(C=O)cccc1OC. The summed E-state index contributed by atoms with van der Waals surface area (Å²) in [6, 6.07) is 5.00. The molecular weight excluding hydrogens is 258 g/mol. The second kappa shape index (κ2) is 8.19. The van der Waals surface area contributed by atoms with Gasteiger partial charge in [0.15, 0.2) is 23.9 Å². The predicted molar refractivity (Wildman–Crippen MR) is 76.4 cm³/mol. The predicted octanol–water partition coefficient (Wildman–Crippen LogP) is 2.19. The first kappa shape index (κ1) is 16.0. The maximum absolute atomic E-state index is 11.9.